The van der Waals surface area contributed by atoms with Crippen molar-refractivity contribution in [3.05, 3.63) is 54.4 Å². The molecule has 0 aliphatic rings. The number of hydrogen-bond acceptors (Lipinski definition) is 4. The molecule has 2 aromatic rings. The van der Waals surface area contributed by atoms with Gasteiger partial charge in [-0.2, -0.15) is 0 Å². The number of pyridine rings is 1. The van der Waals surface area contributed by atoms with Crippen molar-refractivity contribution in [3.63, 3.8) is 0 Å². The summed E-state index contributed by atoms with van der Waals surface area (Å²) < 4.78 is 5.12. The summed E-state index contributed by atoms with van der Waals surface area (Å²) in [5, 5.41) is 5.85. The van der Waals surface area contributed by atoms with Crippen LogP contribution in [0.2, 0.25) is 0 Å². The van der Waals surface area contributed by atoms with E-state index < -0.39 is 0 Å². The van der Waals surface area contributed by atoms with Crippen LogP contribution in [0, 0.1) is 0 Å². The molecular weight excluding hydrogens is 254 g/mol. The van der Waals surface area contributed by atoms with Gasteiger partial charge < -0.3 is 15.4 Å². The minimum absolute atomic E-state index is 0.0847. The fourth-order valence-electron chi connectivity index (χ4n) is 1.67. The molecule has 104 valence electrons. The molecule has 0 aliphatic heterocycles. The van der Waals surface area contributed by atoms with Crippen molar-refractivity contribution in [1.29, 1.82) is 0 Å². The highest BCUT2D eigenvalue weighted by molar-refractivity contribution is 5.80. The molecular formula is C15H17N3O2. The highest BCUT2D eigenvalue weighted by atomic mass is 16.5. The lowest BCUT2D eigenvalue weighted by molar-refractivity contribution is -0.119. The number of aromatic nitrogens is 1. The molecule has 0 fully saturated rings. The fourth-order valence-corrected chi connectivity index (χ4v) is 1.67. The van der Waals surface area contributed by atoms with E-state index in [1.165, 1.54) is 0 Å². The van der Waals surface area contributed by atoms with Crippen molar-refractivity contribution >= 4 is 11.6 Å². The molecule has 0 bridgehead atoms. The smallest absolute Gasteiger partial charge is 0.239 e. The first-order valence-corrected chi connectivity index (χ1v) is 6.32. The van der Waals surface area contributed by atoms with E-state index in [4.69, 9.17) is 4.74 Å². The summed E-state index contributed by atoms with van der Waals surface area (Å²) in [5.41, 5.74) is 1.68. The summed E-state index contributed by atoms with van der Waals surface area (Å²) in [6, 6.07) is 13.0. The van der Waals surface area contributed by atoms with Gasteiger partial charge in [-0.3, -0.25) is 9.78 Å². The Labute approximate surface area is 118 Å². The standard InChI is InChI=1S/C15H17N3O2/c1-20-14-7-4-6-12(9-14)17-11-15(19)18-10-13-5-2-3-8-16-13/h2-9,17H,10-11H2,1H3,(H,18,19). The zero-order valence-electron chi connectivity index (χ0n) is 11.3. The maximum Gasteiger partial charge on any atom is 0.239 e. The molecule has 0 radical (unpaired) electrons. The maximum absolute atomic E-state index is 11.7. The van der Waals surface area contributed by atoms with E-state index in [-0.39, 0.29) is 12.5 Å². The molecule has 2 rings (SSSR count). The van der Waals surface area contributed by atoms with E-state index in [2.05, 4.69) is 15.6 Å². The number of anilines is 1. The lowest BCUT2D eigenvalue weighted by atomic mass is 10.3. The van der Waals surface area contributed by atoms with Crippen LogP contribution < -0.4 is 15.4 Å². The monoisotopic (exact) mass is 271 g/mol. The number of rotatable bonds is 6. The Bertz CT molecular complexity index is 558. The van der Waals surface area contributed by atoms with Crippen LogP contribution >= 0.6 is 0 Å². The molecule has 0 atom stereocenters. The van der Waals surface area contributed by atoms with Crippen LogP contribution in [0.1, 0.15) is 5.69 Å². The lowest BCUT2D eigenvalue weighted by Gasteiger charge is -2.08. The second-order valence-corrected chi connectivity index (χ2v) is 4.18. The van der Waals surface area contributed by atoms with E-state index >= 15 is 0 Å². The van der Waals surface area contributed by atoms with Crippen LogP contribution in [0.4, 0.5) is 5.69 Å². The Morgan fingerprint density at radius 1 is 1.25 bits per heavy atom. The van der Waals surface area contributed by atoms with Crippen LogP contribution in [0.25, 0.3) is 0 Å². The molecule has 0 aliphatic carbocycles. The van der Waals surface area contributed by atoms with Crippen molar-refractivity contribution in [3.8, 4) is 5.75 Å². The summed E-state index contributed by atoms with van der Waals surface area (Å²) in [5.74, 6) is 0.669. The number of methoxy groups -OCH3 is 1. The number of hydrogen-bond donors (Lipinski definition) is 2. The first-order chi connectivity index (χ1) is 9.78. The molecule has 5 nitrogen and oxygen atoms in total. The molecule has 5 heteroatoms. The maximum atomic E-state index is 11.7. The number of benzene rings is 1. The first kappa shape index (κ1) is 13.9. The second-order valence-electron chi connectivity index (χ2n) is 4.18. The largest absolute Gasteiger partial charge is 0.497 e. The van der Waals surface area contributed by atoms with Crippen molar-refractivity contribution in [1.82, 2.24) is 10.3 Å². The minimum atomic E-state index is -0.0847. The van der Waals surface area contributed by atoms with Gasteiger partial charge in [0, 0.05) is 18.0 Å². The Balaban J connectivity index is 1.77. The fraction of sp³-hybridized carbons (Fsp3) is 0.200. The van der Waals surface area contributed by atoms with Gasteiger partial charge in [0.05, 0.1) is 25.9 Å². The van der Waals surface area contributed by atoms with Crippen LogP contribution in [-0.4, -0.2) is 24.5 Å². The molecule has 1 heterocycles. The minimum Gasteiger partial charge on any atom is -0.497 e. The Morgan fingerprint density at radius 3 is 2.90 bits per heavy atom. The van der Waals surface area contributed by atoms with Gasteiger partial charge in [0.1, 0.15) is 5.75 Å². The predicted molar refractivity (Wildman–Crippen MR) is 77.6 cm³/mol. The highest BCUT2D eigenvalue weighted by Crippen LogP contribution is 2.16. The van der Waals surface area contributed by atoms with Gasteiger partial charge in [0.25, 0.3) is 0 Å². The summed E-state index contributed by atoms with van der Waals surface area (Å²) in [6.07, 6.45) is 1.70. The molecule has 20 heavy (non-hydrogen) atoms. The van der Waals surface area contributed by atoms with E-state index in [1.807, 2.05) is 42.5 Å². The zero-order valence-corrected chi connectivity index (χ0v) is 11.3. The van der Waals surface area contributed by atoms with Crippen LogP contribution in [0.15, 0.2) is 48.7 Å². The van der Waals surface area contributed by atoms with Crippen molar-refractivity contribution in [2.24, 2.45) is 0 Å². The molecule has 2 N–H and O–H groups in total. The topological polar surface area (TPSA) is 63.2 Å². The molecule has 1 aromatic carbocycles. The number of nitrogens with one attached hydrogen (secondary N) is 2. The van der Waals surface area contributed by atoms with Crippen molar-refractivity contribution in [2.45, 2.75) is 6.54 Å². The SMILES string of the molecule is COc1cccc(NCC(=O)NCc2ccccn2)c1. The van der Waals surface area contributed by atoms with Crippen LogP contribution in [0.3, 0.4) is 0 Å². The Hall–Kier alpha value is -2.56. The molecule has 1 amide bonds. The summed E-state index contributed by atoms with van der Waals surface area (Å²) in [6.45, 7) is 0.638. The molecule has 0 saturated carbocycles. The number of nitrogens with zero attached hydrogens (tertiary/aromatic N) is 1. The number of amides is 1. The number of carbonyl (C=O) groups excluding carboxylic acids is 1. The third-order valence-corrected chi connectivity index (χ3v) is 2.72. The quantitative estimate of drug-likeness (QED) is 0.841. The summed E-state index contributed by atoms with van der Waals surface area (Å²) in [7, 11) is 1.61. The average molecular weight is 271 g/mol. The Morgan fingerprint density at radius 2 is 2.15 bits per heavy atom. The first-order valence-electron chi connectivity index (χ1n) is 6.32. The van der Waals surface area contributed by atoms with E-state index in [9.17, 15) is 4.79 Å². The van der Waals surface area contributed by atoms with Gasteiger partial charge in [-0.25, -0.2) is 0 Å². The third kappa shape index (κ3) is 4.28. The predicted octanol–water partition coefficient (Wildman–Crippen LogP) is 1.82. The van der Waals surface area contributed by atoms with Crippen molar-refractivity contribution in [2.75, 3.05) is 19.0 Å². The van der Waals surface area contributed by atoms with Gasteiger partial charge in [-0.15, -0.1) is 0 Å². The summed E-state index contributed by atoms with van der Waals surface area (Å²) >= 11 is 0. The molecule has 0 unspecified atom stereocenters. The Kier molecular flexibility index (Phi) is 4.94. The zero-order chi connectivity index (χ0) is 14.2. The molecule has 0 spiro atoms. The van der Waals surface area contributed by atoms with Gasteiger partial charge in [-0.1, -0.05) is 12.1 Å². The highest BCUT2D eigenvalue weighted by Gasteiger charge is 2.02. The molecule has 0 saturated heterocycles. The van der Waals surface area contributed by atoms with Gasteiger partial charge in [0.2, 0.25) is 5.91 Å². The lowest BCUT2D eigenvalue weighted by Crippen LogP contribution is -2.29. The normalized spacial score (nSPS) is 9.85. The number of carbonyl (C=O) groups is 1. The van der Waals surface area contributed by atoms with Gasteiger partial charge in [0.15, 0.2) is 0 Å². The van der Waals surface area contributed by atoms with Gasteiger partial charge in [-0.05, 0) is 24.3 Å². The molecule has 1 aromatic heterocycles. The number of ether oxygens (including phenoxy) is 1. The van der Waals surface area contributed by atoms with E-state index in [0.29, 0.717) is 6.54 Å². The summed E-state index contributed by atoms with van der Waals surface area (Å²) in [4.78, 5) is 15.9. The van der Waals surface area contributed by atoms with Crippen LogP contribution in [-0.2, 0) is 11.3 Å². The average Bonchev–Trinajstić information content (AvgIpc) is 2.52. The van der Waals surface area contributed by atoms with E-state index in [0.717, 1.165) is 17.1 Å². The second kappa shape index (κ2) is 7.13. The van der Waals surface area contributed by atoms with Gasteiger partial charge >= 0.3 is 0 Å². The third-order valence-electron chi connectivity index (χ3n) is 2.72. The van der Waals surface area contributed by atoms with E-state index in [1.54, 1.807) is 13.3 Å². The van der Waals surface area contributed by atoms with Crippen LogP contribution in [0.5, 0.6) is 5.75 Å². The van der Waals surface area contributed by atoms with Crippen molar-refractivity contribution < 1.29 is 9.53 Å².